The number of hydrogen-bond acceptors (Lipinski definition) is 6. The molecule has 3 amide bonds. The Morgan fingerprint density at radius 1 is 1.07 bits per heavy atom. The number of benzene rings is 2. The first-order chi connectivity index (χ1) is 13.8. The van der Waals surface area contributed by atoms with Gasteiger partial charge in [-0.1, -0.05) is 41.6 Å². The van der Waals surface area contributed by atoms with Crippen LogP contribution >= 0.6 is 11.8 Å². The van der Waals surface area contributed by atoms with Crippen LogP contribution in [0.4, 0.5) is 10.5 Å². The molecule has 2 N–H and O–H groups in total. The average molecular weight is 411 g/mol. The highest BCUT2D eigenvalue weighted by Crippen LogP contribution is 2.22. The third-order valence-electron chi connectivity index (χ3n) is 4.46. The van der Waals surface area contributed by atoms with Crippen LogP contribution in [0, 0.1) is 27.7 Å². The van der Waals surface area contributed by atoms with Crippen LogP contribution in [0.15, 0.2) is 41.6 Å². The third kappa shape index (κ3) is 5.00. The molecule has 8 nitrogen and oxygen atoms in total. The van der Waals surface area contributed by atoms with Crippen molar-refractivity contribution in [2.24, 2.45) is 0 Å². The monoisotopic (exact) mass is 410 g/mol. The summed E-state index contributed by atoms with van der Waals surface area (Å²) in [6, 6.07) is 10.9. The molecule has 0 aliphatic heterocycles. The maximum Gasteiger partial charge on any atom is 0.325 e. The zero-order valence-electron chi connectivity index (χ0n) is 16.7. The lowest BCUT2D eigenvalue weighted by atomic mass is 10.1. The van der Waals surface area contributed by atoms with Gasteiger partial charge in [-0.25, -0.2) is 4.79 Å². The summed E-state index contributed by atoms with van der Waals surface area (Å²) in [5.41, 5.74) is 5.71. The zero-order valence-corrected chi connectivity index (χ0v) is 17.5. The number of urea groups is 1. The molecule has 0 aliphatic carbocycles. The molecule has 0 saturated carbocycles. The molecular weight excluding hydrogens is 388 g/mol. The van der Waals surface area contributed by atoms with Gasteiger partial charge in [-0.15, -0.1) is 5.10 Å². The van der Waals surface area contributed by atoms with Gasteiger partial charge in [-0.2, -0.15) is 4.68 Å². The van der Waals surface area contributed by atoms with Crippen molar-refractivity contribution < 1.29 is 9.59 Å². The molecule has 3 rings (SSSR count). The fourth-order valence-corrected chi connectivity index (χ4v) is 3.47. The van der Waals surface area contributed by atoms with Gasteiger partial charge in [0.15, 0.2) is 0 Å². The third-order valence-corrected chi connectivity index (χ3v) is 5.38. The average Bonchev–Trinajstić information content (AvgIpc) is 3.13. The molecule has 2 aromatic carbocycles. The standard InChI is InChI=1S/C20H22N6O2S/c1-12-8-9-16(14(3)10-12)21-19(28)22-18(27)11-29-20-23-24-25-26(20)17-7-5-6-13(2)15(17)4/h5-10H,11H2,1-4H3,(H2,21,22,27,28). The molecule has 0 fully saturated rings. The van der Waals surface area contributed by atoms with E-state index in [0.29, 0.717) is 10.8 Å². The van der Waals surface area contributed by atoms with Gasteiger partial charge in [0.2, 0.25) is 11.1 Å². The molecule has 0 bridgehead atoms. The topological polar surface area (TPSA) is 102 Å². The number of thioether (sulfide) groups is 1. The van der Waals surface area contributed by atoms with E-state index in [0.717, 1.165) is 39.7 Å². The van der Waals surface area contributed by atoms with Crippen molar-refractivity contribution in [2.45, 2.75) is 32.9 Å². The Kier molecular flexibility index (Phi) is 6.28. The van der Waals surface area contributed by atoms with Crippen LogP contribution in [0.2, 0.25) is 0 Å². The normalized spacial score (nSPS) is 10.6. The SMILES string of the molecule is Cc1ccc(NC(=O)NC(=O)CSc2nnnn2-c2cccc(C)c2C)c(C)c1. The quantitative estimate of drug-likeness (QED) is 0.626. The van der Waals surface area contributed by atoms with Crippen LogP contribution in [-0.2, 0) is 4.79 Å². The van der Waals surface area contributed by atoms with E-state index in [4.69, 9.17) is 0 Å². The van der Waals surface area contributed by atoms with Crippen LogP contribution in [0.1, 0.15) is 22.3 Å². The van der Waals surface area contributed by atoms with Crippen LogP contribution < -0.4 is 10.6 Å². The Balaban J connectivity index is 1.60. The maximum absolute atomic E-state index is 12.2. The van der Waals surface area contributed by atoms with Crippen LogP contribution in [0.5, 0.6) is 0 Å². The number of aryl methyl sites for hydroxylation is 3. The molecule has 0 spiro atoms. The minimum absolute atomic E-state index is 0.00549. The summed E-state index contributed by atoms with van der Waals surface area (Å²) in [5.74, 6) is -0.432. The molecule has 9 heteroatoms. The minimum atomic E-state index is -0.573. The molecule has 1 aromatic heterocycles. The van der Waals surface area contributed by atoms with Crippen molar-refractivity contribution >= 4 is 29.4 Å². The molecule has 0 aliphatic rings. The molecule has 1 heterocycles. The highest BCUT2D eigenvalue weighted by Gasteiger charge is 2.15. The van der Waals surface area contributed by atoms with Crippen molar-refractivity contribution in [1.29, 1.82) is 0 Å². The van der Waals surface area contributed by atoms with Gasteiger partial charge in [-0.3, -0.25) is 10.1 Å². The number of nitrogens with one attached hydrogen (secondary N) is 2. The first kappa shape index (κ1) is 20.5. The Bertz CT molecular complexity index is 1060. The second kappa shape index (κ2) is 8.87. The predicted octanol–water partition coefficient (Wildman–Crippen LogP) is 3.34. The van der Waals surface area contributed by atoms with E-state index in [1.54, 1.807) is 4.68 Å². The van der Waals surface area contributed by atoms with Crippen molar-refractivity contribution in [3.8, 4) is 5.69 Å². The fraction of sp³-hybridized carbons (Fsp3) is 0.250. The largest absolute Gasteiger partial charge is 0.325 e. The predicted molar refractivity (Wildman–Crippen MR) is 112 cm³/mol. The number of imide groups is 1. The van der Waals surface area contributed by atoms with E-state index in [-0.39, 0.29) is 5.75 Å². The van der Waals surface area contributed by atoms with Gasteiger partial charge in [0.25, 0.3) is 0 Å². The molecule has 0 unspecified atom stereocenters. The lowest BCUT2D eigenvalue weighted by Gasteiger charge is -2.10. The summed E-state index contributed by atoms with van der Waals surface area (Å²) in [7, 11) is 0. The van der Waals surface area contributed by atoms with E-state index >= 15 is 0 Å². The molecule has 29 heavy (non-hydrogen) atoms. The number of carbonyl (C=O) groups excluding carboxylic acids is 2. The van der Waals surface area contributed by atoms with Crippen molar-refractivity contribution in [3.05, 3.63) is 58.7 Å². The Morgan fingerprint density at radius 3 is 2.62 bits per heavy atom. The first-order valence-corrected chi connectivity index (χ1v) is 9.99. The Labute approximate surface area is 173 Å². The van der Waals surface area contributed by atoms with Crippen molar-refractivity contribution in [1.82, 2.24) is 25.5 Å². The summed E-state index contributed by atoms with van der Waals surface area (Å²) in [5, 5.41) is 17.2. The number of amides is 3. The molecule has 0 radical (unpaired) electrons. The van der Waals surface area contributed by atoms with E-state index in [1.807, 2.05) is 64.1 Å². The van der Waals surface area contributed by atoms with Crippen molar-refractivity contribution in [2.75, 3.05) is 11.1 Å². The second-order valence-corrected chi connectivity index (χ2v) is 7.64. The summed E-state index contributed by atoms with van der Waals surface area (Å²) in [4.78, 5) is 24.3. The summed E-state index contributed by atoms with van der Waals surface area (Å²) in [6.07, 6.45) is 0. The lowest BCUT2D eigenvalue weighted by Crippen LogP contribution is -2.35. The molecule has 0 saturated heterocycles. The van der Waals surface area contributed by atoms with Crippen LogP contribution in [-0.4, -0.2) is 37.9 Å². The van der Waals surface area contributed by atoms with Crippen LogP contribution in [0.25, 0.3) is 5.69 Å². The summed E-state index contributed by atoms with van der Waals surface area (Å²) in [6.45, 7) is 7.87. The lowest BCUT2D eigenvalue weighted by molar-refractivity contribution is -0.117. The summed E-state index contributed by atoms with van der Waals surface area (Å²) < 4.78 is 1.59. The number of anilines is 1. The highest BCUT2D eigenvalue weighted by molar-refractivity contribution is 7.99. The number of nitrogens with zero attached hydrogens (tertiary/aromatic N) is 4. The summed E-state index contributed by atoms with van der Waals surface area (Å²) >= 11 is 1.16. The minimum Gasteiger partial charge on any atom is -0.307 e. The fourth-order valence-electron chi connectivity index (χ4n) is 2.79. The number of rotatable bonds is 5. The number of tetrazole rings is 1. The van der Waals surface area contributed by atoms with Gasteiger partial charge in [0.05, 0.1) is 11.4 Å². The van der Waals surface area contributed by atoms with Gasteiger partial charge < -0.3 is 5.32 Å². The van der Waals surface area contributed by atoms with Crippen molar-refractivity contribution in [3.63, 3.8) is 0 Å². The number of hydrogen-bond donors (Lipinski definition) is 2. The number of carbonyl (C=O) groups is 2. The van der Waals surface area contributed by atoms with Crippen LogP contribution in [0.3, 0.4) is 0 Å². The molecule has 3 aromatic rings. The Morgan fingerprint density at radius 2 is 1.86 bits per heavy atom. The van der Waals surface area contributed by atoms with E-state index in [9.17, 15) is 9.59 Å². The smallest absolute Gasteiger partial charge is 0.307 e. The van der Waals surface area contributed by atoms with Gasteiger partial charge in [0, 0.05) is 5.69 Å². The van der Waals surface area contributed by atoms with Gasteiger partial charge in [-0.05, 0) is 66.9 Å². The molecule has 0 atom stereocenters. The molecule has 150 valence electrons. The van der Waals surface area contributed by atoms with E-state index < -0.39 is 11.9 Å². The number of aromatic nitrogens is 4. The van der Waals surface area contributed by atoms with E-state index in [2.05, 4.69) is 26.2 Å². The van der Waals surface area contributed by atoms with E-state index in [1.165, 1.54) is 0 Å². The van der Waals surface area contributed by atoms with Gasteiger partial charge >= 0.3 is 6.03 Å². The zero-order chi connectivity index (χ0) is 21.0. The second-order valence-electron chi connectivity index (χ2n) is 6.70. The maximum atomic E-state index is 12.2. The first-order valence-electron chi connectivity index (χ1n) is 9.01. The highest BCUT2D eigenvalue weighted by atomic mass is 32.2. The van der Waals surface area contributed by atoms with Gasteiger partial charge in [0.1, 0.15) is 0 Å². The molecular formula is C20H22N6O2S. The Hall–Kier alpha value is -3.20.